The van der Waals surface area contributed by atoms with Crippen LogP contribution in [0, 0.1) is 6.92 Å². The van der Waals surface area contributed by atoms with Gasteiger partial charge in [-0.3, -0.25) is 4.79 Å². The second-order valence-corrected chi connectivity index (χ2v) is 6.65. The van der Waals surface area contributed by atoms with Crippen molar-refractivity contribution in [3.05, 3.63) is 66.0 Å². The van der Waals surface area contributed by atoms with Crippen molar-refractivity contribution in [1.29, 1.82) is 0 Å². The van der Waals surface area contributed by atoms with E-state index in [4.69, 9.17) is 4.74 Å². The van der Waals surface area contributed by atoms with Crippen molar-refractivity contribution < 1.29 is 9.53 Å². The Labute approximate surface area is 168 Å². The van der Waals surface area contributed by atoms with Gasteiger partial charge in [-0.05, 0) is 43.3 Å². The summed E-state index contributed by atoms with van der Waals surface area (Å²) >= 11 is 0. The Kier molecular flexibility index (Phi) is 5.62. The minimum absolute atomic E-state index is 0.247. The normalized spacial score (nSPS) is 13.8. The van der Waals surface area contributed by atoms with Gasteiger partial charge in [-0.1, -0.05) is 18.2 Å². The zero-order valence-electron chi connectivity index (χ0n) is 16.1. The Morgan fingerprint density at radius 1 is 1.00 bits per heavy atom. The fourth-order valence-electron chi connectivity index (χ4n) is 3.02. The van der Waals surface area contributed by atoms with E-state index in [1.807, 2.05) is 49.4 Å². The Morgan fingerprint density at radius 2 is 1.79 bits per heavy atom. The van der Waals surface area contributed by atoms with E-state index in [1.54, 1.807) is 12.1 Å². The highest BCUT2D eigenvalue weighted by molar-refractivity contribution is 6.02. The molecule has 0 radical (unpaired) electrons. The first-order valence-corrected chi connectivity index (χ1v) is 9.46. The molecule has 0 saturated carbocycles. The number of carbonyl (C=O) groups excluding carboxylic acids is 1. The van der Waals surface area contributed by atoms with Gasteiger partial charge in [0.2, 0.25) is 0 Å². The van der Waals surface area contributed by atoms with Crippen LogP contribution in [0.15, 0.2) is 54.6 Å². The molecule has 0 atom stereocenters. The number of carbonyl (C=O) groups is 1. The van der Waals surface area contributed by atoms with Gasteiger partial charge in [0, 0.05) is 18.8 Å². The smallest absolute Gasteiger partial charge is 0.276 e. The van der Waals surface area contributed by atoms with E-state index in [0.29, 0.717) is 11.5 Å². The number of hydrogen-bond donors (Lipinski definition) is 2. The quantitative estimate of drug-likeness (QED) is 0.692. The van der Waals surface area contributed by atoms with Gasteiger partial charge in [0.05, 0.1) is 24.6 Å². The van der Waals surface area contributed by atoms with Crippen LogP contribution in [0.2, 0.25) is 0 Å². The molecule has 8 heteroatoms. The average Bonchev–Trinajstić information content (AvgIpc) is 2.77. The van der Waals surface area contributed by atoms with Gasteiger partial charge in [-0.2, -0.15) is 0 Å². The molecule has 2 aromatic heterocycles. The number of para-hydroxylation sites is 1. The maximum Gasteiger partial charge on any atom is 0.276 e. The standard InChI is InChI=1S/C21H22N6O2/c1-15-17(8-10-20(22-15)27-11-13-29-14-12-27)24-19-9-7-18(25-26-19)21(28)23-16-5-3-2-4-6-16/h2-10H,11-14H2,1H3,(H,23,28)(H,24,26). The van der Waals surface area contributed by atoms with Crippen molar-refractivity contribution in [2.75, 3.05) is 41.8 Å². The third kappa shape index (κ3) is 4.67. The van der Waals surface area contributed by atoms with Gasteiger partial charge in [0.1, 0.15) is 5.82 Å². The van der Waals surface area contributed by atoms with Gasteiger partial charge in [0.15, 0.2) is 11.5 Å². The molecule has 0 unspecified atom stereocenters. The van der Waals surface area contributed by atoms with Crippen molar-refractivity contribution >= 4 is 28.9 Å². The van der Waals surface area contributed by atoms with E-state index in [9.17, 15) is 4.79 Å². The molecule has 1 aliphatic rings. The summed E-state index contributed by atoms with van der Waals surface area (Å²) in [6.45, 7) is 5.08. The number of nitrogens with zero attached hydrogens (tertiary/aromatic N) is 4. The third-order valence-corrected chi connectivity index (χ3v) is 4.60. The van der Waals surface area contributed by atoms with E-state index >= 15 is 0 Å². The van der Waals surface area contributed by atoms with Crippen LogP contribution >= 0.6 is 0 Å². The monoisotopic (exact) mass is 390 g/mol. The number of anilines is 4. The fraction of sp³-hybridized carbons (Fsp3) is 0.238. The number of aryl methyl sites for hydroxylation is 1. The molecule has 1 fully saturated rings. The van der Waals surface area contributed by atoms with Crippen LogP contribution in [0.5, 0.6) is 0 Å². The molecule has 1 saturated heterocycles. The number of hydrogen-bond acceptors (Lipinski definition) is 7. The number of pyridine rings is 1. The van der Waals surface area contributed by atoms with Crippen LogP contribution < -0.4 is 15.5 Å². The SMILES string of the molecule is Cc1nc(N2CCOCC2)ccc1Nc1ccc(C(=O)Nc2ccccc2)nn1. The van der Waals surface area contributed by atoms with Gasteiger partial charge in [-0.25, -0.2) is 4.98 Å². The lowest BCUT2D eigenvalue weighted by molar-refractivity contribution is 0.102. The fourth-order valence-corrected chi connectivity index (χ4v) is 3.02. The molecule has 0 bridgehead atoms. The lowest BCUT2D eigenvalue weighted by atomic mass is 10.2. The maximum absolute atomic E-state index is 12.3. The molecule has 1 aromatic carbocycles. The van der Waals surface area contributed by atoms with E-state index in [2.05, 4.69) is 30.7 Å². The highest BCUT2D eigenvalue weighted by Gasteiger charge is 2.14. The number of benzene rings is 1. The van der Waals surface area contributed by atoms with E-state index in [0.717, 1.165) is 43.5 Å². The number of nitrogens with one attached hydrogen (secondary N) is 2. The van der Waals surface area contributed by atoms with Gasteiger partial charge in [-0.15, -0.1) is 10.2 Å². The second-order valence-electron chi connectivity index (χ2n) is 6.65. The van der Waals surface area contributed by atoms with Crippen LogP contribution in [0.25, 0.3) is 0 Å². The zero-order chi connectivity index (χ0) is 20.1. The molecule has 1 aliphatic heterocycles. The lowest BCUT2D eigenvalue weighted by Gasteiger charge is -2.28. The van der Waals surface area contributed by atoms with Crippen molar-refractivity contribution in [3.63, 3.8) is 0 Å². The topological polar surface area (TPSA) is 92.3 Å². The Bertz CT molecular complexity index is 972. The number of aromatic nitrogens is 3. The first-order valence-electron chi connectivity index (χ1n) is 9.46. The van der Waals surface area contributed by atoms with Gasteiger partial charge in [0.25, 0.3) is 5.91 Å². The van der Waals surface area contributed by atoms with E-state index in [-0.39, 0.29) is 11.6 Å². The lowest BCUT2D eigenvalue weighted by Crippen LogP contribution is -2.36. The molecule has 4 rings (SSSR count). The average molecular weight is 390 g/mol. The molecule has 148 valence electrons. The molecule has 29 heavy (non-hydrogen) atoms. The highest BCUT2D eigenvalue weighted by atomic mass is 16.5. The summed E-state index contributed by atoms with van der Waals surface area (Å²) in [5.74, 6) is 1.18. The molecule has 0 aliphatic carbocycles. The number of amides is 1. The predicted octanol–water partition coefficient (Wildman–Crippen LogP) is 3.01. The summed E-state index contributed by atoms with van der Waals surface area (Å²) < 4.78 is 5.39. The van der Waals surface area contributed by atoms with E-state index < -0.39 is 0 Å². The van der Waals surface area contributed by atoms with E-state index in [1.165, 1.54) is 0 Å². The molecular weight excluding hydrogens is 368 g/mol. The van der Waals surface area contributed by atoms with Gasteiger partial charge < -0.3 is 20.3 Å². The van der Waals surface area contributed by atoms with Crippen molar-refractivity contribution in [3.8, 4) is 0 Å². The molecule has 0 spiro atoms. The van der Waals surface area contributed by atoms with Crippen LogP contribution in [-0.2, 0) is 4.74 Å². The first kappa shape index (κ1) is 18.8. The Balaban J connectivity index is 1.41. The minimum atomic E-state index is -0.303. The highest BCUT2D eigenvalue weighted by Crippen LogP contribution is 2.22. The summed E-state index contributed by atoms with van der Waals surface area (Å²) in [4.78, 5) is 19.2. The number of rotatable bonds is 5. The molecular formula is C21H22N6O2. The van der Waals surface area contributed by atoms with Crippen LogP contribution in [0.3, 0.4) is 0 Å². The third-order valence-electron chi connectivity index (χ3n) is 4.60. The Hall–Kier alpha value is -3.52. The summed E-state index contributed by atoms with van der Waals surface area (Å²) in [6, 6.07) is 16.6. The summed E-state index contributed by atoms with van der Waals surface area (Å²) in [7, 11) is 0. The maximum atomic E-state index is 12.3. The van der Waals surface area contributed by atoms with Crippen molar-refractivity contribution in [2.45, 2.75) is 6.92 Å². The molecule has 8 nitrogen and oxygen atoms in total. The Morgan fingerprint density at radius 3 is 2.48 bits per heavy atom. The van der Waals surface area contributed by atoms with Crippen molar-refractivity contribution in [2.24, 2.45) is 0 Å². The second kappa shape index (κ2) is 8.66. The largest absolute Gasteiger partial charge is 0.378 e. The number of ether oxygens (including phenoxy) is 1. The summed E-state index contributed by atoms with van der Waals surface area (Å²) in [5.41, 5.74) is 2.67. The summed E-state index contributed by atoms with van der Waals surface area (Å²) in [6.07, 6.45) is 0. The number of morpholine rings is 1. The summed E-state index contributed by atoms with van der Waals surface area (Å²) in [5, 5.41) is 14.1. The van der Waals surface area contributed by atoms with Crippen LogP contribution in [0.4, 0.5) is 23.0 Å². The predicted molar refractivity (Wildman–Crippen MR) is 112 cm³/mol. The zero-order valence-corrected chi connectivity index (χ0v) is 16.1. The minimum Gasteiger partial charge on any atom is -0.378 e. The van der Waals surface area contributed by atoms with Crippen LogP contribution in [-0.4, -0.2) is 47.4 Å². The molecule has 1 amide bonds. The molecule has 3 aromatic rings. The first-order chi connectivity index (χ1) is 14.2. The molecule has 3 heterocycles. The van der Waals surface area contributed by atoms with Crippen molar-refractivity contribution in [1.82, 2.24) is 15.2 Å². The van der Waals surface area contributed by atoms with Gasteiger partial charge >= 0.3 is 0 Å². The molecule has 2 N–H and O–H groups in total. The van der Waals surface area contributed by atoms with Crippen LogP contribution in [0.1, 0.15) is 16.2 Å².